The van der Waals surface area contributed by atoms with Crippen molar-refractivity contribution in [1.29, 1.82) is 0 Å². The third kappa shape index (κ3) is 1.28. The van der Waals surface area contributed by atoms with Gasteiger partial charge in [0.2, 0.25) is 5.91 Å². The summed E-state index contributed by atoms with van der Waals surface area (Å²) in [4.78, 5) is 11.9. The van der Waals surface area contributed by atoms with Gasteiger partial charge < -0.3 is 10.6 Å². The van der Waals surface area contributed by atoms with E-state index >= 15 is 0 Å². The lowest BCUT2D eigenvalue weighted by molar-refractivity contribution is -0.149. The number of hydrogen-bond acceptors (Lipinski definition) is 2. The van der Waals surface area contributed by atoms with E-state index in [4.69, 9.17) is 0 Å². The Morgan fingerprint density at radius 3 is 2.44 bits per heavy atom. The first kappa shape index (κ1) is 9.85. The molecule has 0 aromatic heterocycles. The first-order chi connectivity index (χ1) is 7.83. The molecular weight excluding hydrogens is 200 g/mol. The van der Waals surface area contributed by atoms with E-state index in [9.17, 15) is 4.79 Å². The molecular formula is C13H16N2O. The van der Waals surface area contributed by atoms with Gasteiger partial charge in [-0.3, -0.25) is 4.79 Å². The third-order valence-electron chi connectivity index (χ3n) is 3.91. The Kier molecular flexibility index (Phi) is 2.21. The van der Waals surface area contributed by atoms with Gasteiger partial charge in [-0.1, -0.05) is 30.3 Å². The van der Waals surface area contributed by atoms with Crippen molar-refractivity contribution in [2.45, 2.75) is 18.9 Å². The zero-order chi connectivity index (χ0) is 11.0. The molecule has 3 rings (SSSR count). The van der Waals surface area contributed by atoms with Crippen molar-refractivity contribution in [3.8, 4) is 0 Å². The van der Waals surface area contributed by atoms with Crippen LogP contribution in [0, 0.1) is 5.41 Å². The highest BCUT2D eigenvalue weighted by Gasteiger charge is 2.55. The number of β-lactam (4-membered cyclic amide) rings is 1. The summed E-state index contributed by atoms with van der Waals surface area (Å²) in [5.41, 5.74) is 1.11. The quantitative estimate of drug-likeness (QED) is 0.693. The third-order valence-corrected chi connectivity index (χ3v) is 3.91. The molecule has 1 aromatic rings. The zero-order valence-corrected chi connectivity index (χ0v) is 9.20. The molecule has 2 saturated heterocycles. The van der Waals surface area contributed by atoms with E-state index in [1.54, 1.807) is 0 Å². The predicted molar refractivity (Wildman–Crippen MR) is 61.9 cm³/mol. The number of carbonyl (C=O) groups is 1. The van der Waals surface area contributed by atoms with Crippen LogP contribution in [0.4, 0.5) is 0 Å². The molecule has 0 aliphatic carbocycles. The smallest absolute Gasteiger partial charge is 0.229 e. The fourth-order valence-electron chi connectivity index (χ4n) is 2.90. The Labute approximate surface area is 95.2 Å². The summed E-state index contributed by atoms with van der Waals surface area (Å²) in [5.74, 6) is 0.239. The average Bonchev–Trinajstić information content (AvgIpc) is 2.38. The molecule has 1 amide bonds. The number of carbonyl (C=O) groups excluding carboxylic acids is 1. The summed E-state index contributed by atoms with van der Waals surface area (Å²) in [6.45, 7) is 1.91. The van der Waals surface area contributed by atoms with Gasteiger partial charge in [0.1, 0.15) is 0 Å². The number of rotatable bonds is 1. The van der Waals surface area contributed by atoms with Crippen LogP contribution in [-0.2, 0) is 4.79 Å². The molecule has 3 heteroatoms. The molecule has 1 atom stereocenters. The molecule has 3 nitrogen and oxygen atoms in total. The van der Waals surface area contributed by atoms with E-state index in [-0.39, 0.29) is 17.4 Å². The lowest BCUT2D eigenvalue weighted by Gasteiger charge is -2.51. The topological polar surface area (TPSA) is 41.1 Å². The minimum atomic E-state index is -0.132. The number of nitrogens with one attached hydrogen (secondary N) is 2. The number of amides is 1. The summed E-state index contributed by atoms with van der Waals surface area (Å²) in [6.07, 6.45) is 1.91. The van der Waals surface area contributed by atoms with Crippen LogP contribution in [0.3, 0.4) is 0 Å². The summed E-state index contributed by atoms with van der Waals surface area (Å²) in [5, 5.41) is 6.37. The lowest BCUT2D eigenvalue weighted by atomic mass is 9.64. The monoisotopic (exact) mass is 216 g/mol. The molecule has 2 fully saturated rings. The Morgan fingerprint density at radius 2 is 1.81 bits per heavy atom. The Hall–Kier alpha value is -1.35. The van der Waals surface area contributed by atoms with Crippen molar-refractivity contribution in [3.05, 3.63) is 35.9 Å². The highest BCUT2D eigenvalue weighted by Crippen LogP contribution is 2.48. The van der Waals surface area contributed by atoms with Crippen LogP contribution in [0.2, 0.25) is 0 Å². The van der Waals surface area contributed by atoms with Crippen molar-refractivity contribution in [3.63, 3.8) is 0 Å². The van der Waals surface area contributed by atoms with Crippen LogP contribution in [-0.4, -0.2) is 19.0 Å². The van der Waals surface area contributed by atoms with Gasteiger partial charge in [-0.05, 0) is 31.5 Å². The highest BCUT2D eigenvalue weighted by molar-refractivity contribution is 5.90. The molecule has 84 valence electrons. The largest absolute Gasteiger partial charge is 0.348 e. The first-order valence-corrected chi connectivity index (χ1v) is 5.90. The summed E-state index contributed by atoms with van der Waals surface area (Å²) in [6, 6.07) is 10.5. The maximum atomic E-state index is 11.9. The van der Waals surface area contributed by atoms with Crippen molar-refractivity contribution >= 4 is 5.91 Å². The van der Waals surface area contributed by atoms with Gasteiger partial charge in [0, 0.05) is 0 Å². The van der Waals surface area contributed by atoms with Gasteiger partial charge in [-0.15, -0.1) is 0 Å². The minimum Gasteiger partial charge on any atom is -0.348 e. The van der Waals surface area contributed by atoms with E-state index in [0.717, 1.165) is 25.9 Å². The Bertz CT molecular complexity index is 396. The van der Waals surface area contributed by atoms with Gasteiger partial charge in [0.15, 0.2) is 0 Å². The van der Waals surface area contributed by atoms with Crippen LogP contribution in [0.15, 0.2) is 30.3 Å². The van der Waals surface area contributed by atoms with Crippen molar-refractivity contribution in [2.24, 2.45) is 5.41 Å². The average molecular weight is 216 g/mol. The van der Waals surface area contributed by atoms with Gasteiger partial charge in [0.25, 0.3) is 0 Å². The van der Waals surface area contributed by atoms with E-state index in [1.807, 2.05) is 18.2 Å². The normalized spacial score (nSPS) is 27.2. The van der Waals surface area contributed by atoms with E-state index in [0.29, 0.717) is 0 Å². The van der Waals surface area contributed by atoms with E-state index in [1.165, 1.54) is 5.56 Å². The highest BCUT2D eigenvalue weighted by atomic mass is 16.2. The summed E-state index contributed by atoms with van der Waals surface area (Å²) < 4.78 is 0. The molecule has 1 spiro atoms. The van der Waals surface area contributed by atoms with Crippen molar-refractivity contribution in [1.82, 2.24) is 10.6 Å². The molecule has 0 bridgehead atoms. The zero-order valence-electron chi connectivity index (χ0n) is 9.20. The molecule has 2 aliphatic rings. The first-order valence-electron chi connectivity index (χ1n) is 5.90. The molecule has 0 saturated carbocycles. The van der Waals surface area contributed by atoms with Crippen molar-refractivity contribution < 1.29 is 4.79 Å². The summed E-state index contributed by atoms with van der Waals surface area (Å²) in [7, 11) is 0. The van der Waals surface area contributed by atoms with Gasteiger partial charge in [0.05, 0.1) is 11.5 Å². The van der Waals surface area contributed by atoms with Crippen LogP contribution >= 0.6 is 0 Å². The second-order valence-corrected chi connectivity index (χ2v) is 4.72. The van der Waals surface area contributed by atoms with Crippen LogP contribution < -0.4 is 10.6 Å². The van der Waals surface area contributed by atoms with E-state index < -0.39 is 0 Å². The molecule has 2 N–H and O–H groups in total. The Balaban J connectivity index is 1.90. The lowest BCUT2D eigenvalue weighted by Crippen LogP contribution is -2.64. The fraction of sp³-hybridized carbons (Fsp3) is 0.462. The molecule has 0 radical (unpaired) electrons. The number of benzene rings is 1. The molecule has 1 aromatic carbocycles. The van der Waals surface area contributed by atoms with Crippen LogP contribution in [0.1, 0.15) is 24.4 Å². The molecule has 2 heterocycles. The predicted octanol–water partition coefficient (Wildman–Crippen LogP) is 1.23. The Morgan fingerprint density at radius 1 is 1.12 bits per heavy atom. The van der Waals surface area contributed by atoms with Crippen LogP contribution in [0.25, 0.3) is 0 Å². The van der Waals surface area contributed by atoms with Gasteiger partial charge in [-0.25, -0.2) is 0 Å². The second kappa shape index (κ2) is 3.59. The second-order valence-electron chi connectivity index (χ2n) is 4.72. The van der Waals surface area contributed by atoms with Gasteiger partial charge in [-0.2, -0.15) is 0 Å². The molecule has 16 heavy (non-hydrogen) atoms. The molecule has 0 unspecified atom stereocenters. The number of hydrogen-bond donors (Lipinski definition) is 2. The maximum Gasteiger partial charge on any atom is 0.229 e. The minimum absolute atomic E-state index is 0.132. The van der Waals surface area contributed by atoms with Gasteiger partial charge >= 0.3 is 0 Å². The van der Waals surface area contributed by atoms with E-state index in [2.05, 4.69) is 22.8 Å². The SMILES string of the molecule is O=C1N[C@H](c2ccccc2)C12CCNCC2. The number of piperidine rings is 1. The maximum absolute atomic E-state index is 11.9. The van der Waals surface area contributed by atoms with Crippen LogP contribution in [0.5, 0.6) is 0 Å². The fourth-order valence-corrected chi connectivity index (χ4v) is 2.90. The molecule has 2 aliphatic heterocycles. The standard InChI is InChI=1S/C13H16N2O/c16-12-13(6-8-14-9-7-13)11(15-12)10-4-2-1-3-5-10/h1-5,11,14H,6-9H2,(H,15,16)/t11-/m1/s1. The van der Waals surface area contributed by atoms with Crippen molar-refractivity contribution in [2.75, 3.05) is 13.1 Å². The summed E-state index contributed by atoms with van der Waals surface area (Å²) >= 11 is 0.